The van der Waals surface area contributed by atoms with E-state index in [0.717, 1.165) is 19.5 Å². The first-order chi connectivity index (χ1) is 9.04. The highest BCUT2D eigenvalue weighted by molar-refractivity contribution is 7.07. The average Bonchev–Trinajstić information content (AvgIpc) is 2.99. The van der Waals surface area contributed by atoms with E-state index in [-0.39, 0.29) is 6.04 Å². The van der Waals surface area contributed by atoms with Crippen molar-refractivity contribution in [2.24, 2.45) is 11.7 Å². The summed E-state index contributed by atoms with van der Waals surface area (Å²) in [5.74, 6) is 0.709. The van der Waals surface area contributed by atoms with E-state index in [1.165, 1.54) is 5.56 Å². The molecule has 0 aromatic carbocycles. The number of likely N-dealkylation sites (tertiary alicyclic amines) is 1. The van der Waals surface area contributed by atoms with Gasteiger partial charge in [0.05, 0.1) is 6.04 Å². The largest absolute Gasteiger partial charge is 0.326 e. The summed E-state index contributed by atoms with van der Waals surface area (Å²) in [4.78, 5) is 4.94. The Kier molecular flexibility index (Phi) is 5.01. The number of hydrogen-bond donors (Lipinski definition) is 1. The minimum Gasteiger partial charge on any atom is -0.326 e. The van der Waals surface area contributed by atoms with Crippen LogP contribution in [0.15, 0.2) is 16.8 Å². The molecule has 1 aliphatic heterocycles. The standard InChI is InChI=1S/C15H27N3S/c1-5-13(16)15(12-6-7-19-10-12)18-8-11(2)14(9-18)17(3)4/h6-7,10-11,13-15H,5,8-9,16H2,1-4H3. The number of nitrogens with two attached hydrogens (primary N) is 1. The summed E-state index contributed by atoms with van der Waals surface area (Å²) in [7, 11) is 4.37. The maximum Gasteiger partial charge on any atom is 0.0508 e. The van der Waals surface area contributed by atoms with Gasteiger partial charge in [0.25, 0.3) is 0 Å². The van der Waals surface area contributed by atoms with Crippen molar-refractivity contribution in [2.75, 3.05) is 27.2 Å². The molecule has 1 saturated heterocycles. The molecule has 2 N–H and O–H groups in total. The van der Waals surface area contributed by atoms with E-state index in [2.05, 4.69) is 54.6 Å². The van der Waals surface area contributed by atoms with Crippen LogP contribution < -0.4 is 5.73 Å². The van der Waals surface area contributed by atoms with Crippen molar-refractivity contribution in [1.82, 2.24) is 9.80 Å². The fourth-order valence-electron chi connectivity index (χ4n) is 3.28. The van der Waals surface area contributed by atoms with E-state index in [4.69, 9.17) is 5.73 Å². The summed E-state index contributed by atoms with van der Waals surface area (Å²) >= 11 is 1.77. The zero-order chi connectivity index (χ0) is 14.0. The molecular formula is C15H27N3S. The normalized spacial score (nSPS) is 27.9. The Hall–Kier alpha value is -0.420. The van der Waals surface area contributed by atoms with Crippen LogP contribution in [0.5, 0.6) is 0 Å². The summed E-state index contributed by atoms with van der Waals surface area (Å²) < 4.78 is 0. The first-order valence-electron chi connectivity index (χ1n) is 7.22. The molecule has 0 spiro atoms. The van der Waals surface area contributed by atoms with Gasteiger partial charge in [-0.25, -0.2) is 0 Å². The van der Waals surface area contributed by atoms with Crippen molar-refractivity contribution < 1.29 is 0 Å². The Labute approximate surface area is 121 Å². The third kappa shape index (κ3) is 3.19. The molecular weight excluding hydrogens is 254 g/mol. The number of rotatable bonds is 5. The van der Waals surface area contributed by atoms with Crippen LogP contribution in [0.3, 0.4) is 0 Å². The molecule has 0 radical (unpaired) electrons. The molecule has 1 aliphatic rings. The fourth-order valence-corrected chi connectivity index (χ4v) is 3.97. The zero-order valence-electron chi connectivity index (χ0n) is 12.5. The van der Waals surface area contributed by atoms with E-state index < -0.39 is 0 Å². The summed E-state index contributed by atoms with van der Waals surface area (Å²) in [5, 5.41) is 4.42. The van der Waals surface area contributed by atoms with Crippen LogP contribution in [0.1, 0.15) is 31.9 Å². The van der Waals surface area contributed by atoms with Gasteiger partial charge in [-0.05, 0) is 48.8 Å². The van der Waals surface area contributed by atoms with Gasteiger partial charge in [-0.3, -0.25) is 4.90 Å². The van der Waals surface area contributed by atoms with E-state index in [1.54, 1.807) is 11.3 Å². The fraction of sp³-hybridized carbons (Fsp3) is 0.733. The van der Waals surface area contributed by atoms with Gasteiger partial charge in [0.1, 0.15) is 0 Å². The van der Waals surface area contributed by atoms with E-state index in [1.807, 2.05) is 0 Å². The van der Waals surface area contributed by atoms with Crippen molar-refractivity contribution in [3.05, 3.63) is 22.4 Å². The van der Waals surface area contributed by atoms with Gasteiger partial charge in [0, 0.05) is 25.2 Å². The molecule has 1 aromatic heterocycles. The summed E-state index contributed by atoms with van der Waals surface area (Å²) in [6.45, 7) is 6.82. The average molecular weight is 281 g/mol. The number of likely N-dealkylation sites (N-methyl/N-ethyl adjacent to an activating group) is 1. The lowest BCUT2D eigenvalue weighted by molar-refractivity contribution is 0.190. The lowest BCUT2D eigenvalue weighted by Crippen LogP contribution is -2.41. The highest BCUT2D eigenvalue weighted by Crippen LogP contribution is 2.32. The molecule has 2 heterocycles. The smallest absolute Gasteiger partial charge is 0.0508 e. The number of thiophene rings is 1. The molecule has 1 aromatic rings. The van der Waals surface area contributed by atoms with Gasteiger partial charge in [-0.1, -0.05) is 13.8 Å². The van der Waals surface area contributed by atoms with Crippen LogP contribution in [-0.4, -0.2) is 49.1 Å². The van der Waals surface area contributed by atoms with Crippen molar-refractivity contribution >= 4 is 11.3 Å². The molecule has 2 rings (SSSR count). The number of nitrogens with zero attached hydrogens (tertiary/aromatic N) is 2. The molecule has 4 unspecified atom stereocenters. The lowest BCUT2D eigenvalue weighted by atomic mass is 9.99. The third-order valence-electron chi connectivity index (χ3n) is 4.42. The first kappa shape index (κ1) is 15.0. The van der Waals surface area contributed by atoms with Crippen molar-refractivity contribution in [3.8, 4) is 0 Å². The Morgan fingerprint density at radius 3 is 2.68 bits per heavy atom. The molecule has 3 nitrogen and oxygen atoms in total. The molecule has 0 saturated carbocycles. The van der Waals surface area contributed by atoms with E-state index in [9.17, 15) is 0 Å². The van der Waals surface area contributed by atoms with Crippen LogP contribution in [0.2, 0.25) is 0 Å². The van der Waals surface area contributed by atoms with Crippen LogP contribution in [0.4, 0.5) is 0 Å². The van der Waals surface area contributed by atoms with Crippen LogP contribution in [-0.2, 0) is 0 Å². The summed E-state index contributed by atoms with van der Waals surface area (Å²) in [5.41, 5.74) is 7.80. The Balaban J connectivity index is 2.17. The maximum absolute atomic E-state index is 6.40. The molecule has 0 bridgehead atoms. The lowest BCUT2D eigenvalue weighted by Gasteiger charge is -2.32. The predicted molar refractivity (Wildman–Crippen MR) is 83.5 cm³/mol. The van der Waals surface area contributed by atoms with Gasteiger partial charge in [0.15, 0.2) is 0 Å². The van der Waals surface area contributed by atoms with Crippen molar-refractivity contribution in [1.29, 1.82) is 0 Å². The second-order valence-electron chi connectivity index (χ2n) is 6.04. The van der Waals surface area contributed by atoms with Crippen molar-refractivity contribution in [3.63, 3.8) is 0 Å². The second kappa shape index (κ2) is 6.35. The van der Waals surface area contributed by atoms with Gasteiger partial charge in [0.2, 0.25) is 0 Å². The maximum atomic E-state index is 6.40. The zero-order valence-corrected chi connectivity index (χ0v) is 13.4. The highest BCUT2D eigenvalue weighted by Gasteiger charge is 2.37. The topological polar surface area (TPSA) is 32.5 Å². The molecule has 0 aliphatic carbocycles. The van der Waals surface area contributed by atoms with E-state index in [0.29, 0.717) is 18.0 Å². The molecule has 4 heteroatoms. The van der Waals surface area contributed by atoms with Crippen molar-refractivity contribution in [2.45, 2.75) is 38.4 Å². The molecule has 1 fully saturated rings. The Morgan fingerprint density at radius 2 is 2.21 bits per heavy atom. The highest BCUT2D eigenvalue weighted by atomic mass is 32.1. The first-order valence-corrected chi connectivity index (χ1v) is 8.17. The third-order valence-corrected chi connectivity index (χ3v) is 5.12. The van der Waals surface area contributed by atoms with Crippen LogP contribution in [0.25, 0.3) is 0 Å². The Morgan fingerprint density at radius 1 is 1.47 bits per heavy atom. The predicted octanol–water partition coefficient (Wildman–Crippen LogP) is 2.41. The minimum absolute atomic E-state index is 0.225. The van der Waals surface area contributed by atoms with Crippen LogP contribution in [0, 0.1) is 5.92 Å². The van der Waals surface area contributed by atoms with Gasteiger partial charge in [-0.2, -0.15) is 11.3 Å². The molecule has 19 heavy (non-hydrogen) atoms. The molecule has 0 amide bonds. The SMILES string of the molecule is CCC(N)C(c1ccsc1)N1CC(C)C(N(C)C)C1. The van der Waals surface area contributed by atoms with Crippen LogP contribution >= 0.6 is 11.3 Å². The quantitative estimate of drug-likeness (QED) is 0.899. The Bertz CT molecular complexity index is 377. The summed E-state index contributed by atoms with van der Waals surface area (Å²) in [6.07, 6.45) is 1.03. The number of hydrogen-bond acceptors (Lipinski definition) is 4. The van der Waals surface area contributed by atoms with E-state index >= 15 is 0 Å². The van der Waals surface area contributed by atoms with Gasteiger partial charge in [-0.15, -0.1) is 0 Å². The monoisotopic (exact) mass is 281 g/mol. The molecule has 4 atom stereocenters. The minimum atomic E-state index is 0.225. The summed E-state index contributed by atoms with van der Waals surface area (Å²) in [6, 6.07) is 3.48. The van der Waals surface area contributed by atoms with Gasteiger partial charge < -0.3 is 10.6 Å². The molecule has 108 valence electrons. The van der Waals surface area contributed by atoms with Gasteiger partial charge >= 0.3 is 0 Å². The second-order valence-corrected chi connectivity index (χ2v) is 6.82.